The summed E-state index contributed by atoms with van der Waals surface area (Å²) < 4.78 is 7.41. The molecule has 2 aliphatic carbocycles. The van der Waals surface area contributed by atoms with Crippen LogP contribution in [0.4, 0.5) is 5.00 Å². The number of rotatable bonds is 10. The summed E-state index contributed by atoms with van der Waals surface area (Å²) in [4.78, 5) is 26.9. The van der Waals surface area contributed by atoms with Crippen LogP contribution in [0.5, 0.6) is 0 Å². The number of nitrogens with zero attached hydrogens (tertiary/aromatic N) is 3. The summed E-state index contributed by atoms with van der Waals surface area (Å²) in [5, 5.41) is 13.2. The van der Waals surface area contributed by atoms with Crippen molar-refractivity contribution in [3.63, 3.8) is 0 Å². The van der Waals surface area contributed by atoms with E-state index in [0.29, 0.717) is 29.6 Å². The van der Waals surface area contributed by atoms with Gasteiger partial charge in [-0.05, 0) is 44.1 Å². The number of allylic oxidation sites excluding steroid dienone is 1. The predicted octanol–water partition coefficient (Wildman–Crippen LogP) is 5.82. The number of aryl methyl sites for hydroxylation is 1. The number of thiophene rings is 1. The molecule has 35 heavy (non-hydrogen) atoms. The minimum Gasteiger partial charge on any atom is -0.462 e. The van der Waals surface area contributed by atoms with Gasteiger partial charge in [-0.15, -0.1) is 28.1 Å². The molecule has 0 aliphatic heterocycles. The molecule has 0 atom stereocenters. The number of anilines is 1. The van der Waals surface area contributed by atoms with Gasteiger partial charge >= 0.3 is 5.97 Å². The number of fused-ring (bicyclic) bond motifs is 1. The number of hydrogen-bond acceptors (Lipinski definition) is 7. The molecular formula is C26H36N4O3S2. The van der Waals surface area contributed by atoms with E-state index in [2.05, 4.69) is 26.7 Å². The summed E-state index contributed by atoms with van der Waals surface area (Å²) in [6, 6.07) is 0. The zero-order chi connectivity index (χ0) is 24.6. The third kappa shape index (κ3) is 6.55. The van der Waals surface area contributed by atoms with Crippen LogP contribution in [0, 0.1) is 5.92 Å². The van der Waals surface area contributed by atoms with Gasteiger partial charge in [0.15, 0.2) is 5.16 Å². The average Bonchev–Trinajstić information content (AvgIpc) is 3.30. The van der Waals surface area contributed by atoms with Crippen LogP contribution >= 0.6 is 23.1 Å². The van der Waals surface area contributed by atoms with Crippen molar-refractivity contribution in [1.29, 1.82) is 0 Å². The molecule has 0 spiro atoms. The first kappa shape index (κ1) is 25.9. The number of amides is 1. The van der Waals surface area contributed by atoms with Crippen LogP contribution in [-0.2, 0) is 35.3 Å². The molecular weight excluding hydrogens is 480 g/mol. The lowest BCUT2D eigenvalue weighted by Crippen LogP contribution is -2.17. The van der Waals surface area contributed by atoms with E-state index in [4.69, 9.17) is 4.74 Å². The summed E-state index contributed by atoms with van der Waals surface area (Å²) in [5.74, 6) is 1.34. The minimum atomic E-state index is -0.340. The third-order valence-corrected chi connectivity index (χ3v) is 8.96. The van der Waals surface area contributed by atoms with Crippen molar-refractivity contribution in [3.05, 3.63) is 34.5 Å². The number of carbonyl (C=O) groups is 2. The first-order valence-electron chi connectivity index (χ1n) is 12.9. The Morgan fingerprint density at radius 1 is 1.17 bits per heavy atom. The van der Waals surface area contributed by atoms with Crippen LogP contribution in [0.3, 0.4) is 0 Å². The van der Waals surface area contributed by atoms with E-state index >= 15 is 0 Å². The number of esters is 1. The highest BCUT2D eigenvalue weighted by atomic mass is 32.2. The maximum absolute atomic E-state index is 12.9. The van der Waals surface area contributed by atoms with Crippen molar-refractivity contribution in [1.82, 2.24) is 14.8 Å². The lowest BCUT2D eigenvalue weighted by Gasteiger charge is -2.21. The molecule has 0 unspecified atom stereocenters. The van der Waals surface area contributed by atoms with Crippen molar-refractivity contribution in [3.8, 4) is 0 Å². The first-order chi connectivity index (χ1) is 17.1. The van der Waals surface area contributed by atoms with Crippen LogP contribution < -0.4 is 5.32 Å². The molecule has 2 aliphatic rings. The van der Waals surface area contributed by atoms with Gasteiger partial charge in [-0.25, -0.2) is 4.79 Å². The Labute approximate surface area is 216 Å². The number of hydrogen-bond donors (Lipinski definition) is 1. The van der Waals surface area contributed by atoms with E-state index in [0.717, 1.165) is 55.1 Å². The molecule has 2 aromatic rings. The lowest BCUT2D eigenvalue weighted by atomic mass is 9.87. The van der Waals surface area contributed by atoms with Gasteiger partial charge in [-0.3, -0.25) is 4.79 Å². The number of ether oxygens (including phenoxy) is 1. The van der Waals surface area contributed by atoms with E-state index in [1.807, 2.05) is 6.08 Å². The zero-order valence-electron chi connectivity index (χ0n) is 20.6. The number of aromatic nitrogens is 3. The van der Waals surface area contributed by atoms with Gasteiger partial charge in [-0.1, -0.05) is 56.4 Å². The fourth-order valence-electron chi connectivity index (χ4n) is 5.08. The first-order valence-corrected chi connectivity index (χ1v) is 14.7. The van der Waals surface area contributed by atoms with Gasteiger partial charge in [0.25, 0.3) is 0 Å². The van der Waals surface area contributed by atoms with Gasteiger partial charge in [-0.2, -0.15) is 0 Å². The largest absolute Gasteiger partial charge is 0.462 e. The number of carbonyl (C=O) groups excluding carboxylic acids is 2. The molecule has 0 saturated heterocycles. The molecule has 0 radical (unpaired) electrons. The van der Waals surface area contributed by atoms with Crippen LogP contribution in [0.2, 0.25) is 0 Å². The van der Waals surface area contributed by atoms with Crippen LogP contribution in [0.15, 0.2) is 17.8 Å². The van der Waals surface area contributed by atoms with E-state index in [1.165, 1.54) is 60.1 Å². The van der Waals surface area contributed by atoms with Crippen LogP contribution in [0.25, 0.3) is 0 Å². The van der Waals surface area contributed by atoms with E-state index < -0.39 is 0 Å². The van der Waals surface area contributed by atoms with Gasteiger partial charge < -0.3 is 14.6 Å². The smallest absolute Gasteiger partial charge is 0.341 e. The van der Waals surface area contributed by atoms with E-state index in [-0.39, 0.29) is 17.6 Å². The summed E-state index contributed by atoms with van der Waals surface area (Å²) >= 11 is 2.90. The second-order valence-corrected chi connectivity index (χ2v) is 11.4. The highest BCUT2D eigenvalue weighted by Crippen LogP contribution is 2.38. The quantitative estimate of drug-likeness (QED) is 0.185. The van der Waals surface area contributed by atoms with Crippen molar-refractivity contribution < 1.29 is 14.3 Å². The molecule has 1 amide bonds. The normalized spacial score (nSPS) is 16.4. The summed E-state index contributed by atoms with van der Waals surface area (Å²) in [6.07, 6.45) is 14.3. The Hall–Kier alpha value is -2.13. The summed E-state index contributed by atoms with van der Waals surface area (Å²) in [6.45, 7) is 6.64. The fourth-order valence-corrected chi connectivity index (χ4v) is 7.14. The maximum atomic E-state index is 12.9. The minimum absolute atomic E-state index is 0.154. The van der Waals surface area contributed by atoms with E-state index in [9.17, 15) is 9.59 Å². The second kappa shape index (κ2) is 12.7. The molecule has 9 heteroatoms. The highest BCUT2D eigenvalue weighted by Gasteiger charge is 2.27. The van der Waals surface area contributed by atoms with Crippen molar-refractivity contribution >= 4 is 40.0 Å². The summed E-state index contributed by atoms with van der Waals surface area (Å²) in [5.41, 5.74) is 1.61. The molecule has 4 rings (SSSR count). The van der Waals surface area contributed by atoms with Gasteiger partial charge in [0.05, 0.1) is 17.9 Å². The van der Waals surface area contributed by atoms with Crippen LogP contribution in [-0.4, -0.2) is 39.0 Å². The Bertz CT molecular complexity index is 1040. The Morgan fingerprint density at radius 2 is 1.94 bits per heavy atom. The molecule has 1 N–H and O–H groups in total. The molecule has 190 valence electrons. The maximum Gasteiger partial charge on any atom is 0.341 e. The number of nitrogens with one attached hydrogen (secondary N) is 1. The Balaban J connectivity index is 1.44. The van der Waals surface area contributed by atoms with Crippen LogP contribution in [0.1, 0.15) is 84.9 Å². The monoisotopic (exact) mass is 516 g/mol. The molecule has 1 saturated carbocycles. The second-order valence-electron chi connectivity index (χ2n) is 9.33. The standard InChI is InChI=1S/C26H36N4O3S2/c1-3-15-30-21(16-18-11-7-5-8-12-18)28-29-26(30)34-17-22(31)27-24-23(25(32)33-4-2)19-13-9-6-10-14-20(19)35-24/h3,18H,1,4-17H2,2H3,(H,27,31). The van der Waals surface area contributed by atoms with Gasteiger partial charge in [0.1, 0.15) is 10.8 Å². The highest BCUT2D eigenvalue weighted by molar-refractivity contribution is 7.99. The van der Waals surface area contributed by atoms with Crippen molar-refractivity contribution in [2.24, 2.45) is 5.92 Å². The third-order valence-electron chi connectivity index (χ3n) is 6.79. The molecule has 2 heterocycles. The van der Waals surface area contributed by atoms with Crippen molar-refractivity contribution in [2.75, 3.05) is 17.7 Å². The molecule has 2 aromatic heterocycles. The zero-order valence-corrected chi connectivity index (χ0v) is 22.3. The topological polar surface area (TPSA) is 86.1 Å². The average molecular weight is 517 g/mol. The Kier molecular flexibility index (Phi) is 9.43. The molecule has 7 nitrogen and oxygen atoms in total. The van der Waals surface area contributed by atoms with Crippen molar-refractivity contribution in [2.45, 2.75) is 89.3 Å². The number of thioether (sulfide) groups is 1. The fraction of sp³-hybridized carbons (Fsp3) is 0.615. The van der Waals surface area contributed by atoms with Gasteiger partial charge in [0.2, 0.25) is 5.91 Å². The predicted molar refractivity (Wildman–Crippen MR) is 141 cm³/mol. The molecule has 0 aromatic carbocycles. The molecule has 1 fully saturated rings. The lowest BCUT2D eigenvalue weighted by molar-refractivity contribution is -0.113. The van der Waals surface area contributed by atoms with E-state index in [1.54, 1.807) is 6.92 Å². The summed E-state index contributed by atoms with van der Waals surface area (Å²) in [7, 11) is 0. The Morgan fingerprint density at radius 3 is 2.71 bits per heavy atom. The van der Waals surface area contributed by atoms with Gasteiger partial charge in [0, 0.05) is 17.8 Å². The molecule has 0 bridgehead atoms. The SMILES string of the molecule is C=CCn1c(CC2CCCCC2)nnc1SCC(=O)Nc1sc2c(c1C(=O)OCC)CCCCC2.